The van der Waals surface area contributed by atoms with Crippen LogP contribution in [0.25, 0.3) is 4.96 Å². The molecule has 2 atom stereocenters. The molecule has 106 valence electrons. The summed E-state index contributed by atoms with van der Waals surface area (Å²) in [7, 11) is 0. The summed E-state index contributed by atoms with van der Waals surface area (Å²) in [6.45, 7) is 7.22. The standard InChI is InChI=1S/C13H17N5OS/c1-8-2-12(19)18-13(15-8)20-11(16-18)7-17-5-9-3-14-4-10(9)6-17/h2,9-10,14H,3-7H2,1H3/t9-,10+. The van der Waals surface area contributed by atoms with E-state index < -0.39 is 0 Å². The van der Waals surface area contributed by atoms with E-state index in [1.807, 2.05) is 6.92 Å². The van der Waals surface area contributed by atoms with Crippen LogP contribution >= 0.6 is 11.3 Å². The van der Waals surface area contributed by atoms with E-state index in [0.29, 0.717) is 4.96 Å². The molecule has 2 saturated heterocycles. The highest BCUT2D eigenvalue weighted by atomic mass is 32.1. The number of fused-ring (bicyclic) bond motifs is 2. The Morgan fingerprint density at radius 2 is 2.15 bits per heavy atom. The summed E-state index contributed by atoms with van der Waals surface area (Å²) >= 11 is 1.52. The van der Waals surface area contributed by atoms with Crippen LogP contribution in [0.1, 0.15) is 10.7 Å². The predicted octanol–water partition coefficient (Wildman–Crippen LogP) is 0.111. The zero-order valence-corrected chi connectivity index (χ0v) is 12.2. The van der Waals surface area contributed by atoms with E-state index in [4.69, 9.17) is 0 Å². The van der Waals surface area contributed by atoms with Crippen LogP contribution in [0.3, 0.4) is 0 Å². The summed E-state index contributed by atoms with van der Waals surface area (Å²) in [5.74, 6) is 1.57. The smallest absolute Gasteiger partial charge is 0.275 e. The van der Waals surface area contributed by atoms with Crippen molar-refractivity contribution in [2.24, 2.45) is 11.8 Å². The van der Waals surface area contributed by atoms with E-state index in [1.54, 1.807) is 0 Å². The van der Waals surface area contributed by atoms with Crippen LogP contribution in [-0.4, -0.2) is 45.7 Å². The minimum Gasteiger partial charge on any atom is -0.316 e. The second kappa shape index (κ2) is 4.61. The normalized spacial score (nSPS) is 26.4. The third-order valence-electron chi connectivity index (χ3n) is 4.24. The lowest BCUT2D eigenvalue weighted by Crippen LogP contribution is -2.25. The Morgan fingerprint density at radius 1 is 1.40 bits per heavy atom. The van der Waals surface area contributed by atoms with Crippen LogP contribution < -0.4 is 10.9 Å². The van der Waals surface area contributed by atoms with Gasteiger partial charge in [0.15, 0.2) is 0 Å². The lowest BCUT2D eigenvalue weighted by Gasteiger charge is -2.14. The van der Waals surface area contributed by atoms with Gasteiger partial charge in [0.2, 0.25) is 4.96 Å². The molecule has 0 aliphatic carbocycles. The van der Waals surface area contributed by atoms with Crippen molar-refractivity contribution in [2.75, 3.05) is 26.2 Å². The molecule has 0 spiro atoms. The molecule has 2 aliphatic heterocycles. The van der Waals surface area contributed by atoms with Crippen LogP contribution in [0, 0.1) is 18.8 Å². The van der Waals surface area contributed by atoms with Crippen molar-refractivity contribution in [3.05, 3.63) is 27.1 Å². The Balaban J connectivity index is 1.57. The summed E-state index contributed by atoms with van der Waals surface area (Å²) in [4.78, 5) is 19.4. The van der Waals surface area contributed by atoms with Gasteiger partial charge in [0.25, 0.3) is 5.56 Å². The predicted molar refractivity (Wildman–Crippen MR) is 77.0 cm³/mol. The number of aromatic nitrogens is 3. The molecule has 7 heteroatoms. The second-order valence-corrected chi connectivity index (χ2v) is 6.84. The first-order chi connectivity index (χ1) is 9.69. The quantitative estimate of drug-likeness (QED) is 0.851. The topological polar surface area (TPSA) is 62.5 Å². The van der Waals surface area contributed by atoms with Gasteiger partial charge in [0, 0.05) is 24.8 Å². The molecule has 0 aromatic carbocycles. The van der Waals surface area contributed by atoms with Crippen LogP contribution in [0.2, 0.25) is 0 Å². The molecule has 4 rings (SSSR count). The lowest BCUT2D eigenvalue weighted by atomic mass is 10.0. The molecule has 0 unspecified atom stereocenters. The zero-order valence-electron chi connectivity index (χ0n) is 11.4. The molecule has 6 nitrogen and oxygen atoms in total. The number of rotatable bonds is 2. The minimum atomic E-state index is -0.0857. The molecule has 4 heterocycles. The van der Waals surface area contributed by atoms with Gasteiger partial charge in [-0.2, -0.15) is 9.61 Å². The fraction of sp³-hybridized carbons (Fsp3) is 0.615. The maximum absolute atomic E-state index is 11.9. The number of hydrogen-bond donors (Lipinski definition) is 1. The zero-order chi connectivity index (χ0) is 13.7. The van der Waals surface area contributed by atoms with Crippen molar-refractivity contribution in [1.29, 1.82) is 0 Å². The maximum atomic E-state index is 11.9. The van der Waals surface area contributed by atoms with Crippen molar-refractivity contribution in [1.82, 2.24) is 24.8 Å². The molecule has 0 bridgehead atoms. The Bertz CT molecular complexity index is 696. The van der Waals surface area contributed by atoms with Crippen molar-refractivity contribution in [2.45, 2.75) is 13.5 Å². The van der Waals surface area contributed by atoms with E-state index in [0.717, 1.165) is 55.3 Å². The molecule has 2 aromatic rings. The highest BCUT2D eigenvalue weighted by Gasteiger charge is 2.36. The lowest BCUT2D eigenvalue weighted by molar-refractivity contribution is 0.304. The van der Waals surface area contributed by atoms with Gasteiger partial charge in [-0.1, -0.05) is 11.3 Å². The van der Waals surface area contributed by atoms with Gasteiger partial charge in [-0.3, -0.25) is 9.69 Å². The van der Waals surface area contributed by atoms with Gasteiger partial charge in [-0.15, -0.1) is 0 Å². The van der Waals surface area contributed by atoms with Crippen LogP contribution in [0.15, 0.2) is 10.9 Å². The van der Waals surface area contributed by atoms with Gasteiger partial charge in [0.05, 0.1) is 6.54 Å². The molecule has 0 saturated carbocycles. The van der Waals surface area contributed by atoms with Crippen molar-refractivity contribution < 1.29 is 0 Å². The van der Waals surface area contributed by atoms with Gasteiger partial charge in [-0.25, -0.2) is 4.98 Å². The van der Waals surface area contributed by atoms with Gasteiger partial charge < -0.3 is 5.32 Å². The highest BCUT2D eigenvalue weighted by Crippen LogP contribution is 2.27. The maximum Gasteiger partial charge on any atom is 0.275 e. The van der Waals surface area contributed by atoms with Crippen LogP contribution in [-0.2, 0) is 6.54 Å². The van der Waals surface area contributed by atoms with Crippen LogP contribution in [0.5, 0.6) is 0 Å². The van der Waals surface area contributed by atoms with E-state index in [-0.39, 0.29) is 5.56 Å². The molecule has 2 fully saturated rings. The second-order valence-electron chi connectivity index (χ2n) is 5.80. The summed E-state index contributed by atoms with van der Waals surface area (Å²) in [6, 6.07) is 1.53. The average Bonchev–Trinajstić information content (AvgIpc) is 3.02. The summed E-state index contributed by atoms with van der Waals surface area (Å²) < 4.78 is 1.42. The first-order valence-corrected chi connectivity index (χ1v) is 7.80. The number of nitrogens with zero attached hydrogens (tertiary/aromatic N) is 4. The molecule has 0 radical (unpaired) electrons. The molecule has 0 amide bonds. The Kier molecular flexibility index (Phi) is 2.87. The third kappa shape index (κ3) is 2.06. The number of hydrogen-bond acceptors (Lipinski definition) is 6. The molecular formula is C13H17N5OS. The largest absolute Gasteiger partial charge is 0.316 e. The fourth-order valence-corrected chi connectivity index (χ4v) is 4.28. The van der Waals surface area contributed by atoms with Crippen LogP contribution in [0.4, 0.5) is 0 Å². The summed E-state index contributed by atoms with van der Waals surface area (Å²) in [5.41, 5.74) is 0.671. The molecule has 2 aliphatic rings. The van der Waals surface area contributed by atoms with E-state index >= 15 is 0 Å². The van der Waals surface area contributed by atoms with E-state index in [1.165, 1.54) is 21.9 Å². The molecular weight excluding hydrogens is 274 g/mol. The van der Waals surface area contributed by atoms with Gasteiger partial charge in [-0.05, 0) is 31.8 Å². The summed E-state index contributed by atoms with van der Waals surface area (Å²) in [5, 5.41) is 8.84. The number of nitrogens with one attached hydrogen (secondary N) is 1. The summed E-state index contributed by atoms with van der Waals surface area (Å²) in [6.07, 6.45) is 0. The number of likely N-dealkylation sites (tertiary alicyclic amines) is 1. The Hall–Kier alpha value is -1.31. The first kappa shape index (κ1) is 12.4. The minimum absolute atomic E-state index is 0.0857. The average molecular weight is 291 g/mol. The van der Waals surface area contributed by atoms with E-state index in [9.17, 15) is 4.79 Å². The van der Waals surface area contributed by atoms with Gasteiger partial charge in [0.1, 0.15) is 5.01 Å². The highest BCUT2D eigenvalue weighted by molar-refractivity contribution is 7.16. The fourth-order valence-electron chi connectivity index (χ4n) is 3.30. The molecule has 2 aromatic heterocycles. The van der Waals surface area contributed by atoms with Gasteiger partial charge >= 0.3 is 0 Å². The van der Waals surface area contributed by atoms with Crippen molar-refractivity contribution in [3.8, 4) is 0 Å². The van der Waals surface area contributed by atoms with Crippen molar-refractivity contribution in [3.63, 3.8) is 0 Å². The Morgan fingerprint density at radius 3 is 2.90 bits per heavy atom. The Labute approximate surface area is 120 Å². The van der Waals surface area contributed by atoms with E-state index in [2.05, 4.69) is 20.3 Å². The van der Waals surface area contributed by atoms with Crippen molar-refractivity contribution >= 4 is 16.3 Å². The molecule has 1 N–H and O–H groups in total. The monoisotopic (exact) mass is 291 g/mol. The SMILES string of the molecule is Cc1cc(=O)n2nc(CN3C[C@H]4CNC[C@H]4C3)sc2n1. The number of aryl methyl sites for hydroxylation is 1. The third-order valence-corrected chi connectivity index (χ3v) is 5.13. The molecule has 20 heavy (non-hydrogen) atoms. The first-order valence-electron chi connectivity index (χ1n) is 6.98.